The molecule has 2 aromatic rings. The summed E-state index contributed by atoms with van der Waals surface area (Å²) in [6.45, 7) is -2.95. The zero-order valence-electron chi connectivity index (χ0n) is 15.9. The van der Waals surface area contributed by atoms with Crippen LogP contribution in [0.3, 0.4) is 0 Å². The molecule has 1 aromatic heterocycles. The van der Waals surface area contributed by atoms with Crippen LogP contribution in [-0.4, -0.2) is 44.3 Å². The Hall–Kier alpha value is -3.08. The van der Waals surface area contributed by atoms with Gasteiger partial charge in [-0.25, -0.2) is 4.99 Å². The number of primary amides is 1. The third kappa shape index (κ3) is 5.70. The SMILES string of the molecule is CNc1ccc(OC(F)F)cc1N=CSC(C(N)=O)c1nccc(OC)c1OC. The van der Waals surface area contributed by atoms with E-state index in [1.165, 1.54) is 38.1 Å². The minimum absolute atomic E-state index is 0.0428. The molecule has 0 spiro atoms. The Bertz CT molecular complexity index is 883. The predicted molar refractivity (Wildman–Crippen MR) is 108 cm³/mol. The van der Waals surface area contributed by atoms with Gasteiger partial charge in [-0.1, -0.05) is 11.8 Å². The molecule has 3 N–H and O–H groups in total. The van der Waals surface area contributed by atoms with Gasteiger partial charge in [0.15, 0.2) is 11.5 Å². The maximum Gasteiger partial charge on any atom is 0.387 e. The van der Waals surface area contributed by atoms with E-state index in [-0.39, 0.29) is 17.2 Å². The highest BCUT2D eigenvalue weighted by atomic mass is 32.2. The summed E-state index contributed by atoms with van der Waals surface area (Å²) in [5.74, 6) is -0.0265. The molecule has 0 saturated heterocycles. The van der Waals surface area contributed by atoms with Crippen molar-refractivity contribution in [1.29, 1.82) is 0 Å². The Labute approximate surface area is 170 Å². The van der Waals surface area contributed by atoms with Gasteiger partial charge < -0.3 is 25.3 Å². The number of aromatic nitrogens is 1. The van der Waals surface area contributed by atoms with Crippen LogP contribution in [0.5, 0.6) is 17.2 Å². The van der Waals surface area contributed by atoms with Gasteiger partial charge in [-0.05, 0) is 12.1 Å². The van der Waals surface area contributed by atoms with Crippen LogP contribution in [0.2, 0.25) is 0 Å². The monoisotopic (exact) mass is 426 g/mol. The van der Waals surface area contributed by atoms with Crippen LogP contribution in [0, 0.1) is 0 Å². The molecule has 0 radical (unpaired) electrons. The highest BCUT2D eigenvalue weighted by molar-refractivity contribution is 8.12. The number of hydrogen-bond donors (Lipinski definition) is 2. The fraction of sp³-hybridized carbons (Fsp3) is 0.278. The number of carbonyl (C=O) groups excluding carboxylic acids is 1. The smallest absolute Gasteiger partial charge is 0.387 e. The van der Waals surface area contributed by atoms with Crippen LogP contribution in [0.1, 0.15) is 10.9 Å². The molecule has 0 bridgehead atoms. The molecule has 11 heteroatoms. The van der Waals surface area contributed by atoms with Crippen molar-refractivity contribution in [1.82, 2.24) is 4.98 Å². The van der Waals surface area contributed by atoms with Crippen molar-refractivity contribution in [2.75, 3.05) is 26.6 Å². The van der Waals surface area contributed by atoms with Gasteiger partial charge in [-0.2, -0.15) is 8.78 Å². The van der Waals surface area contributed by atoms with Crippen molar-refractivity contribution in [3.05, 3.63) is 36.2 Å². The summed E-state index contributed by atoms with van der Waals surface area (Å²) in [5.41, 5.74) is 8.09. The number of nitrogens with zero attached hydrogens (tertiary/aromatic N) is 2. The Morgan fingerprint density at radius 1 is 1.31 bits per heavy atom. The summed E-state index contributed by atoms with van der Waals surface area (Å²) in [7, 11) is 4.54. The van der Waals surface area contributed by atoms with Crippen LogP contribution in [0.25, 0.3) is 0 Å². The van der Waals surface area contributed by atoms with Crippen molar-refractivity contribution >= 4 is 34.6 Å². The average molecular weight is 426 g/mol. The van der Waals surface area contributed by atoms with Gasteiger partial charge in [0.1, 0.15) is 16.7 Å². The second-order valence-corrected chi connectivity index (χ2v) is 6.35. The van der Waals surface area contributed by atoms with Crippen LogP contribution >= 0.6 is 11.8 Å². The van der Waals surface area contributed by atoms with Crippen LogP contribution in [0.4, 0.5) is 20.2 Å². The van der Waals surface area contributed by atoms with Crippen molar-refractivity contribution in [3.63, 3.8) is 0 Å². The molecule has 0 fully saturated rings. The lowest BCUT2D eigenvalue weighted by molar-refractivity contribution is -0.117. The number of aliphatic imine (C=N–C) groups is 1. The first kappa shape index (κ1) is 22.2. The number of hydrogen-bond acceptors (Lipinski definition) is 8. The Morgan fingerprint density at radius 2 is 2.07 bits per heavy atom. The molecular formula is C18H20F2N4O4S. The van der Waals surface area contributed by atoms with Crippen molar-refractivity contribution in [2.45, 2.75) is 11.9 Å². The molecule has 1 atom stereocenters. The number of pyridine rings is 1. The van der Waals surface area contributed by atoms with E-state index in [9.17, 15) is 13.6 Å². The van der Waals surface area contributed by atoms with Gasteiger partial charge in [0.05, 0.1) is 31.1 Å². The van der Waals surface area contributed by atoms with Gasteiger partial charge >= 0.3 is 6.61 Å². The molecule has 0 aliphatic carbocycles. The molecule has 0 aliphatic rings. The van der Waals surface area contributed by atoms with E-state index in [0.29, 0.717) is 17.1 Å². The van der Waals surface area contributed by atoms with Gasteiger partial charge in [0.2, 0.25) is 5.91 Å². The number of nitrogens with one attached hydrogen (secondary N) is 1. The van der Waals surface area contributed by atoms with E-state index in [4.69, 9.17) is 15.2 Å². The maximum atomic E-state index is 12.4. The first-order valence-electron chi connectivity index (χ1n) is 8.22. The molecule has 1 amide bonds. The van der Waals surface area contributed by atoms with Gasteiger partial charge in [-0.15, -0.1) is 0 Å². The maximum absolute atomic E-state index is 12.4. The number of halogens is 2. The molecule has 0 saturated carbocycles. The Morgan fingerprint density at radius 3 is 2.66 bits per heavy atom. The molecule has 8 nitrogen and oxygen atoms in total. The number of ether oxygens (including phenoxy) is 3. The fourth-order valence-electron chi connectivity index (χ4n) is 2.42. The molecule has 1 unspecified atom stereocenters. The van der Waals surface area contributed by atoms with E-state index in [0.717, 1.165) is 11.8 Å². The highest BCUT2D eigenvalue weighted by Gasteiger charge is 2.25. The number of nitrogens with two attached hydrogens (primary N) is 1. The molecular weight excluding hydrogens is 406 g/mol. The lowest BCUT2D eigenvalue weighted by Crippen LogP contribution is -2.20. The number of thioether (sulfide) groups is 1. The normalized spacial score (nSPS) is 12.1. The minimum atomic E-state index is -2.95. The third-order valence-corrected chi connectivity index (χ3v) is 4.63. The molecule has 1 aromatic carbocycles. The quantitative estimate of drug-likeness (QED) is 0.443. The molecule has 2 rings (SSSR count). The summed E-state index contributed by atoms with van der Waals surface area (Å²) in [5, 5.41) is 1.98. The minimum Gasteiger partial charge on any atom is -0.493 e. The molecule has 1 heterocycles. The zero-order chi connectivity index (χ0) is 21.4. The molecule has 29 heavy (non-hydrogen) atoms. The summed E-state index contributed by atoms with van der Waals surface area (Å²) in [6, 6.07) is 5.88. The second kappa shape index (κ2) is 10.5. The van der Waals surface area contributed by atoms with Gasteiger partial charge in [0, 0.05) is 25.4 Å². The average Bonchev–Trinajstić information content (AvgIpc) is 2.70. The van der Waals surface area contributed by atoms with E-state index in [1.807, 2.05) is 0 Å². The summed E-state index contributed by atoms with van der Waals surface area (Å²) in [6.07, 6.45) is 1.47. The highest BCUT2D eigenvalue weighted by Crippen LogP contribution is 2.38. The molecule has 156 valence electrons. The van der Waals surface area contributed by atoms with Crippen LogP contribution in [0.15, 0.2) is 35.5 Å². The van der Waals surface area contributed by atoms with Crippen LogP contribution < -0.4 is 25.3 Å². The topological polar surface area (TPSA) is 108 Å². The summed E-state index contributed by atoms with van der Waals surface area (Å²) >= 11 is 0.984. The number of amides is 1. The van der Waals surface area contributed by atoms with Crippen LogP contribution in [-0.2, 0) is 4.79 Å². The first-order chi connectivity index (χ1) is 13.9. The van der Waals surface area contributed by atoms with E-state index < -0.39 is 17.8 Å². The number of carbonyl (C=O) groups is 1. The number of benzene rings is 1. The fourth-order valence-corrected chi connectivity index (χ4v) is 3.15. The third-order valence-electron chi connectivity index (χ3n) is 3.68. The second-order valence-electron chi connectivity index (χ2n) is 5.39. The summed E-state index contributed by atoms with van der Waals surface area (Å²) < 4.78 is 39.8. The standard InChI is InChI=1S/C18H20F2N4O4S/c1-22-11-5-4-10(28-18(19)20)8-12(11)24-9-29-16(17(21)25)14-15(27-3)13(26-2)6-7-23-14/h4-9,16,18,22H,1-3H3,(H2,21,25). The van der Waals surface area contributed by atoms with Crippen molar-refractivity contribution in [3.8, 4) is 17.2 Å². The zero-order valence-corrected chi connectivity index (χ0v) is 16.7. The Balaban J connectivity index is 2.30. The van der Waals surface area contributed by atoms with E-state index in [1.54, 1.807) is 19.2 Å². The predicted octanol–water partition coefficient (Wildman–Crippen LogP) is 3.36. The lowest BCUT2D eigenvalue weighted by atomic mass is 10.2. The van der Waals surface area contributed by atoms with E-state index in [2.05, 4.69) is 20.0 Å². The number of rotatable bonds is 10. The van der Waals surface area contributed by atoms with E-state index >= 15 is 0 Å². The number of methoxy groups -OCH3 is 2. The number of alkyl halides is 2. The molecule has 0 aliphatic heterocycles. The lowest BCUT2D eigenvalue weighted by Gasteiger charge is -2.16. The Kier molecular flexibility index (Phi) is 8.01. The largest absolute Gasteiger partial charge is 0.493 e. The van der Waals surface area contributed by atoms with Crippen molar-refractivity contribution < 1.29 is 27.8 Å². The van der Waals surface area contributed by atoms with Crippen molar-refractivity contribution in [2.24, 2.45) is 10.7 Å². The van der Waals surface area contributed by atoms with Gasteiger partial charge in [-0.3, -0.25) is 9.78 Å². The number of anilines is 1. The first-order valence-corrected chi connectivity index (χ1v) is 9.16. The van der Waals surface area contributed by atoms with Gasteiger partial charge in [0.25, 0.3) is 0 Å². The summed E-state index contributed by atoms with van der Waals surface area (Å²) in [4.78, 5) is 20.4.